The number of Topliss-reactive ketones (excluding diaryl/α,β-unsaturated/α-hetero) is 1. The molecular weight excluding hydrogens is 526 g/mol. The van der Waals surface area contributed by atoms with Crippen LogP contribution in [-0.4, -0.2) is 51.6 Å². The summed E-state index contributed by atoms with van der Waals surface area (Å²) in [4.78, 5) is 47.3. The Hall–Kier alpha value is -5.12. The molecule has 5 rings (SSSR count). The molecule has 210 valence electrons. The lowest BCUT2D eigenvalue weighted by atomic mass is 9.93. The molecule has 0 saturated carbocycles. The summed E-state index contributed by atoms with van der Waals surface area (Å²) in [6, 6.07) is 15.3. The summed E-state index contributed by atoms with van der Waals surface area (Å²) >= 11 is 0. The Bertz CT molecular complexity index is 1720. The van der Waals surface area contributed by atoms with Crippen LogP contribution in [0, 0.1) is 0 Å². The van der Waals surface area contributed by atoms with E-state index >= 15 is 0 Å². The van der Waals surface area contributed by atoms with Gasteiger partial charge in [0.25, 0.3) is 5.78 Å². The second-order valence-corrected chi connectivity index (χ2v) is 9.88. The van der Waals surface area contributed by atoms with Crippen LogP contribution in [0.5, 0.6) is 11.5 Å². The Kier molecular flexibility index (Phi) is 7.23. The number of ketones is 1. The predicted octanol–water partition coefficient (Wildman–Crippen LogP) is 5.42. The topological polar surface area (TPSA) is 142 Å². The number of methoxy groups -OCH3 is 1. The number of carbonyl (C=O) groups excluding carboxylic acids is 2. The van der Waals surface area contributed by atoms with Crippen LogP contribution in [0.3, 0.4) is 0 Å². The average Bonchev–Trinajstić information content (AvgIpc) is 3.50. The number of aromatic amines is 1. The van der Waals surface area contributed by atoms with Gasteiger partial charge in [0.15, 0.2) is 0 Å². The van der Waals surface area contributed by atoms with E-state index in [1.165, 1.54) is 30.2 Å². The van der Waals surface area contributed by atoms with Gasteiger partial charge in [-0.15, -0.1) is 0 Å². The number of fused-ring (bicyclic) bond motifs is 1. The molecule has 10 heteroatoms. The highest BCUT2D eigenvalue weighted by Crippen LogP contribution is 2.43. The van der Waals surface area contributed by atoms with Gasteiger partial charge in [0.2, 0.25) is 5.95 Å². The summed E-state index contributed by atoms with van der Waals surface area (Å²) < 4.78 is 11.1. The van der Waals surface area contributed by atoms with Crippen molar-refractivity contribution in [2.24, 2.45) is 0 Å². The van der Waals surface area contributed by atoms with Crippen molar-refractivity contribution >= 4 is 40.4 Å². The molecule has 1 saturated heterocycles. The summed E-state index contributed by atoms with van der Waals surface area (Å²) in [5, 5.41) is 21.0. The zero-order valence-corrected chi connectivity index (χ0v) is 23.0. The van der Waals surface area contributed by atoms with Gasteiger partial charge in [-0.3, -0.25) is 14.5 Å². The van der Waals surface area contributed by atoms with Gasteiger partial charge < -0.3 is 24.7 Å². The van der Waals surface area contributed by atoms with E-state index in [-0.39, 0.29) is 28.8 Å². The molecule has 4 aromatic rings. The largest absolute Gasteiger partial charge is 0.507 e. The molecule has 10 nitrogen and oxygen atoms in total. The molecule has 1 atom stereocenters. The minimum Gasteiger partial charge on any atom is -0.507 e. The number of carboxylic acid groups (broad SMARTS) is 1. The number of nitrogens with one attached hydrogen (secondary N) is 1. The number of carbonyl (C=O) groups is 3. The zero-order valence-electron chi connectivity index (χ0n) is 23.0. The molecule has 0 radical (unpaired) electrons. The summed E-state index contributed by atoms with van der Waals surface area (Å²) in [6.45, 7) is 6.34. The Labute approximate surface area is 235 Å². The SMILES string of the molecule is CCOc1ccc(/C(O)=C2\C(=O)C(=O)N(c3nc4ccc(C(=O)O)cc4[nH]3)C2c2cccc(OC)c2)cc1C(C)C. The lowest BCUT2D eigenvalue weighted by Gasteiger charge is -2.23. The monoisotopic (exact) mass is 555 g/mol. The maximum atomic E-state index is 13.6. The third-order valence-electron chi connectivity index (χ3n) is 7.00. The Balaban J connectivity index is 1.72. The maximum Gasteiger partial charge on any atom is 0.335 e. The van der Waals surface area contributed by atoms with E-state index in [2.05, 4.69) is 9.97 Å². The fourth-order valence-corrected chi connectivity index (χ4v) is 5.01. The normalized spacial score (nSPS) is 16.5. The Morgan fingerprint density at radius 3 is 2.49 bits per heavy atom. The second-order valence-electron chi connectivity index (χ2n) is 9.88. The lowest BCUT2D eigenvalue weighted by molar-refractivity contribution is -0.132. The molecule has 1 aliphatic rings. The van der Waals surface area contributed by atoms with Gasteiger partial charge in [-0.1, -0.05) is 26.0 Å². The first-order valence-corrected chi connectivity index (χ1v) is 13.1. The molecule has 3 N–H and O–H groups in total. The zero-order chi connectivity index (χ0) is 29.4. The van der Waals surface area contributed by atoms with E-state index in [0.717, 1.165) is 5.56 Å². The number of rotatable bonds is 8. The first kappa shape index (κ1) is 27.4. The fourth-order valence-electron chi connectivity index (χ4n) is 5.01. The van der Waals surface area contributed by atoms with E-state index in [1.54, 1.807) is 42.5 Å². The van der Waals surface area contributed by atoms with Crippen molar-refractivity contribution in [1.29, 1.82) is 0 Å². The van der Waals surface area contributed by atoms with Crippen molar-refractivity contribution in [1.82, 2.24) is 9.97 Å². The minimum absolute atomic E-state index is 0.0334. The van der Waals surface area contributed by atoms with Crippen molar-refractivity contribution < 1.29 is 34.1 Å². The van der Waals surface area contributed by atoms with Crippen molar-refractivity contribution in [2.75, 3.05) is 18.6 Å². The van der Waals surface area contributed by atoms with Gasteiger partial charge in [-0.05, 0) is 72.5 Å². The molecule has 1 fully saturated rings. The average molecular weight is 556 g/mol. The smallest absolute Gasteiger partial charge is 0.335 e. The van der Waals surface area contributed by atoms with E-state index in [9.17, 15) is 24.6 Å². The standard InChI is InChI=1S/C31H29N3O7/c1-5-41-24-12-10-18(14-21(24)16(2)3)27(35)25-26(17-7-6-8-20(13-17)40-4)34(29(37)28(25)36)31-32-22-11-9-19(30(38)39)15-23(22)33-31/h6-16,26,35H,5H2,1-4H3,(H,32,33)(H,38,39)/b27-25+. The van der Waals surface area contributed by atoms with Crippen molar-refractivity contribution in [3.05, 3.63) is 88.5 Å². The third-order valence-corrected chi connectivity index (χ3v) is 7.00. The molecule has 0 bridgehead atoms. The molecule has 0 spiro atoms. The van der Waals surface area contributed by atoms with Gasteiger partial charge in [0.1, 0.15) is 17.3 Å². The van der Waals surface area contributed by atoms with Gasteiger partial charge in [-0.25, -0.2) is 9.78 Å². The quantitative estimate of drug-likeness (QED) is 0.149. The van der Waals surface area contributed by atoms with Crippen LogP contribution >= 0.6 is 0 Å². The predicted molar refractivity (Wildman–Crippen MR) is 153 cm³/mol. The number of imidazole rings is 1. The number of ether oxygens (including phenoxy) is 2. The van der Waals surface area contributed by atoms with Crippen molar-refractivity contribution in [3.63, 3.8) is 0 Å². The third kappa shape index (κ3) is 4.88. The molecular formula is C31H29N3O7. The maximum absolute atomic E-state index is 13.6. The number of anilines is 1. The van der Waals surface area contributed by atoms with Crippen LogP contribution in [0.15, 0.2) is 66.2 Å². The summed E-state index contributed by atoms with van der Waals surface area (Å²) in [5.74, 6) is -1.98. The lowest BCUT2D eigenvalue weighted by Crippen LogP contribution is -2.30. The number of H-pyrrole nitrogens is 1. The number of aliphatic hydroxyl groups is 1. The van der Waals surface area contributed by atoms with Crippen LogP contribution < -0.4 is 14.4 Å². The summed E-state index contributed by atoms with van der Waals surface area (Å²) in [5.41, 5.74) is 2.41. The number of carboxylic acids is 1. The Morgan fingerprint density at radius 1 is 1.05 bits per heavy atom. The molecule has 41 heavy (non-hydrogen) atoms. The number of hydrogen-bond acceptors (Lipinski definition) is 7. The fraction of sp³-hybridized carbons (Fsp3) is 0.226. The van der Waals surface area contributed by atoms with Gasteiger partial charge in [0, 0.05) is 5.56 Å². The van der Waals surface area contributed by atoms with Crippen LogP contribution in [0.25, 0.3) is 16.8 Å². The number of nitrogens with zero attached hydrogens (tertiary/aromatic N) is 2. The summed E-state index contributed by atoms with van der Waals surface area (Å²) in [7, 11) is 1.50. The molecule has 0 aliphatic carbocycles. The van der Waals surface area contributed by atoms with Gasteiger partial charge in [0.05, 0.1) is 41.9 Å². The molecule has 2 heterocycles. The minimum atomic E-state index is -1.11. The molecule has 3 aromatic carbocycles. The van der Waals surface area contributed by atoms with Gasteiger partial charge >= 0.3 is 11.9 Å². The van der Waals surface area contributed by atoms with Crippen molar-refractivity contribution in [3.8, 4) is 11.5 Å². The van der Waals surface area contributed by atoms with Crippen molar-refractivity contribution in [2.45, 2.75) is 32.7 Å². The number of aromatic nitrogens is 2. The van der Waals surface area contributed by atoms with E-state index in [4.69, 9.17) is 9.47 Å². The molecule has 1 unspecified atom stereocenters. The van der Waals surface area contributed by atoms with Crippen LogP contribution in [0.2, 0.25) is 0 Å². The van der Waals surface area contributed by atoms with Gasteiger partial charge in [-0.2, -0.15) is 0 Å². The van der Waals surface area contributed by atoms with E-state index in [0.29, 0.717) is 40.3 Å². The highest BCUT2D eigenvalue weighted by Gasteiger charge is 2.48. The second kappa shape index (κ2) is 10.8. The molecule has 1 aromatic heterocycles. The number of aromatic carboxylic acids is 1. The first-order valence-electron chi connectivity index (χ1n) is 13.1. The Morgan fingerprint density at radius 2 is 1.80 bits per heavy atom. The highest BCUT2D eigenvalue weighted by molar-refractivity contribution is 6.51. The summed E-state index contributed by atoms with van der Waals surface area (Å²) in [6.07, 6.45) is 0. The van der Waals surface area contributed by atoms with E-state index in [1.807, 2.05) is 20.8 Å². The van der Waals surface area contributed by atoms with Crippen LogP contribution in [0.1, 0.15) is 59.8 Å². The number of aliphatic hydroxyl groups excluding tert-OH is 1. The highest BCUT2D eigenvalue weighted by atomic mass is 16.5. The number of hydrogen-bond donors (Lipinski definition) is 3. The molecule has 1 amide bonds. The van der Waals surface area contributed by atoms with E-state index < -0.39 is 23.7 Å². The van der Waals surface area contributed by atoms with Crippen LogP contribution in [-0.2, 0) is 9.59 Å². The van der Waals surface area contributed by atoms with Crippen LogP contribution in [0.4, 0.5) is 5.95 Å². The number of benzene rings is 3. The molecule has 1 aliphatic heterocycles. The first-order chi connectivity index (χ1) is 19.6. The number of amides is 1.